The summed E-state index contributed by atoms with van der Waals surface area (Å²) in [6.45, 7) is 6.38. The van der Waals surface area contributed by atoms with Gasteiger partial charge in [-0.25, -0.2) is 0 Å². The number of amides is 1. The van der Waals surface area contributed by atoms with E-state index in [9.17, 15) is 4.79 Å². The number of nitrogens with one attached hydrogen (secondary N) is 2. The lowest BCUT2D eigenvalue weighted by atomic mass is 9.79. The molecule has 1 saturated carbocycles. The predicted molar refractivity (Wildman–Crippen MR) is 68.9 cm³/mol. The highest BCUT2D eigenvalue weighted by molar-refractivity contribution is 5.78. The van der Waals surface area contributed by atoms with Gasteiger partial charge in [0, 0.05) is 31.7 Å². The van der Waals surface area contributed by atoms with Crippen LogP contribution in [-0.4, -0.2) is 49.1 Å². The highest BCUT2D eigenvalue weighted by Gasteiger charge is 2.40. The molecule has 17 heavy (non-hydrogen) atoms. The Morgan fingerprint density at radius 2 is 2.12 bits per heavy atom. The molecule has 1 amide bonds. The third kappa shape index (κ3) is 2.99. The standard InChI is InChI=1S/C13H25N3O/c1-2-15-12(17)10-16-9-8-14-11-13(16)6-4-3-5-7-13/h14H,2-11H2,1H3,(H,15,17). The number of rotatable bonds is 3. The molecule has 1 aliphatic carbocycles. The van der Waals surface area contributed by atoms with Crippen LogP contribution in [0, 0.1) is 0 Å². The van der Waals surface area contributed by atoms with E-state index in [1.807, 2.05) is 6.92 Å². The molecule has 0 aromatic rings. The molecule has 1 aliphatic heterocycles. The van der Waals surface area contributed by atoms with Gasteiger partial charge in [-0.3, -0.25) is 9.69 Å². The summed E-state index contributed by atoms with van der Waals surface area (Å²) >= 11 is 0. The average Bonchev–Trinajstić information content (AvgIpc) is 2.34. The van der Waals surface area contributed by atoms with E-state index in [0.29, 0.717) is 6.54 Å². The molecule has 0 aromatic heterocycles. The second-order valence-corrected chi connectivity index (χ2v) is 5.34. The zero-order valence-corrected chi connectivity index (χ0v) is 10.9. The van der Waals surface area contributed by atoms with Crippen LogP contribution in [0.15, 0.2) is 0 Å². The number of piperazine rings is 1. The molecule has 0 unspecified atom stereocenters. The molecule has 2 rings (SSSR count). The van der Waals surface area contributed by atoms with E-state index in [0.717, 1.165) is 26.2 Å². The fourth-order valence-electron chi connectivity index (χ4n) is 3.26. The third-order valence-electron chi connectivity index (χ3n) is 4.18. The lowest BCUT2D eigenvalue weighted by Gasteiger charge is -2.49. The summed E-state index contributed by atoms with van der Waals surface area (Å²) in [5.41, 5.74) is 0.265. The second kappa shape index (κ2) is 5.83. The van der Waals surface area contributed by atoms with Crippen LogP contribution < -0.4 is 10.6 Å². The van der Waals surface area contributed by atoms with Crippen LogP contribution in [0.3, 0.4) is 0 Å². The zero-order valence-electron chi connectivity index (χ0n) is 10.9. The quantitative estimate of drug-likeness (QED) is 0.763. The van der Waals surface area contributed by atoms with Gasteiger partial charge in [0.15, 0.2) is 0 Å². The number of nitrogens with zero attached hydrogens (tertiary/aromatic N) is 1. The number of carbonyl (C=O) groups is 1. The van der Waals surface area contributed by atoms with E-state index in [1.165, 1.54) is 32.1 Å². The molecule has 4 nitrogen and oxygen atoms in total. The number of likely N-dealkylation sites (N-methyl/N-ethyl adjacent to an activating group) is 1. The van der Waals surface area contributed by atoms with Crippen molar-refractivity contribution < 1.29 is 4.79 Å². The summed E-state index contributed by atoms with van der Waals surface area (Å²) in [5, 5.41) is 6.42. The van der Waals surface area contributed by atoms with Crippen LogP contribution in [0.1, 0.15) is 39.0 Å². The first-order chi connectivity index (χ1) is 8.27. The Morgan fingerprint density at radius 3 is 2.82 bits per heavy atom. The van der Waals surface area contributed by atoms with Crippen LogP contribution in [0.25, 0.3) is 0 Å². The summed E-state index contributed by atoms with van der Waals surface area (Å²) in [6.07, 6.45) is 6.48. The number of carbonyl (C=O) groups excluding carboxylic acids is 1. The molecular weight excluding hydrogens is 214 g/mol. The SMILES string of the molecule is CCNC(=O)CN1CCNCC12CCCCC2. The maximum atomic E-state index is 11.8. The Hall–Kier alpha value is -0.610. The maximum Gasteiger partial charge on any atom is 0.234 e. The van der Waals surface area contributed by atoms with Crippen LogP contribution in [0.2, 0.25) is 0 Å². The summed E-state index contributed by atoms with van der Waals surface area (Å²) < 4.78 is 0. The summed E-state index contributed by atoms with van der Waals surface area (Å²) in [6, 6.07) is 0. The second-order valence-electron chi connectivity index (χ2n) is 5.34. The molecule has 0 bridgehead atoms. The van der Waals surface area contributed by atoms with Gasteiger partial charge in [-0.2, -0.15) is 0 Å². The lowest BCUT2D eigenvalue weighted by molar-refractivity contribution is -0.124. The molecule has 0 atom stereocenters. The minimum Gasteiger partial charge on any atom is -0.355 e. The van der Waals surface area contributed by atoms with Crippen LogP contribution in [0.5, 0.6) is 0 Å². The van der Waals surface area contributed by atoms with Gasteiger partial charge in [0.25, 0.3) is 0 Å². The van der Waals surface area contributed by atoms with Gasteiger partial charge in [-0.05, 0) is 19.8 Å². The van der Waals surface area contributed by atoms with Crippen molar-refractivity contribution in [1.82, 2.24) is 15.5 Å². The average molecular weight is 239 g/mol. The number of hydrogen-bond acceptors (Lipinski definition) is 3. The topological polar surface area (TPSA) is 44.4 Å². The van der Waals surface area contributed by atoms with E-state index in [1.54, 1.807) is 0 Å². The van der Waals surface area contributed by atoms with Crippen molar-refractivity contribution >= 4 is 5.91 Å². The molecule has 1 saturated heterocycles. The fourth-order valence-corrected chi connectivity index (χ4v) is 3.26. The van der Waals surface area contributed by atoms with Crippen molar-refractivity contribution in [2.24, 2.45) is 0 Å². The third-order valence-corrected chi connectivity index (χ3v) is 4.18. The van der Waals surface area contributed by atoms with Crippen molar-refractivity contribution in [2.75, 3.05) is 32.7 Å². The molecule has 1 spiro atoms. The molecule has 98 valence electrons. The molecule has 2 aliphatic rings. The summed E-state index contributed by atoms with van der Waals surface area (Å²) in [5.74, 6) is 0.180. The van der Waals surface area contributed by atoms with Gasteiger partial charge < -0.3 is 10.6 Å². The van der Waals surface area contributed by atoms with Crippen molar-refractivity contribution in [3.05, 3.63) is 0 Å². The Kier molecular flexibility index (Phi) is 4.40. The van der Waals surface area contributed by atoms with Crippen molar-refractivity contribution in [1.29, 1.82) is 0 Å². The van der Waals surface area contributed by atoms with Crippen molar-refractivity contribution in [3.8, 4) is 0 Å². The van der Waals surface area contributed by atoms with E-state index in [4.69, 9.17) is 0 Å². The Balaban J connectivity index is 1.98. The first-order valence-electron chi connectivity index (χ1n) is 6.99. The van der Waals surface area contributed by atoms with Gasteiger partial charge in [-0.1, -0.05) is 19.3 Å². The highest BCUT2D eigenvalue weighted by Crippen LogP contribution is 2.34. The molecule has 0 aromatic carbocycles. The normalized spacial score (nSPS) is 24.8. The molecular formula is C13H25N3O. The van der Waals surface area contributed by atoms with E-state index < -0.39 is 0 Å². The predicted octanol–water partition coefficient (Wildman–Crippen LogP) is 0.731. The maximum absolute atomic E-state index is 11.8. The monoisotopic (exact) mass is 239 g/mol. The molecule has 2 N–H and O–H groups in total. The molecule has 4 heteroatoms. The van der Waals surface area contributed by atoms with E-state index >= 15 is 0 Å². The summed E-state index contributed by atoms with van der Waals surface area (Å²) in [4.78, 5) is 14.2. The first kappa shape index (κ1) is 12.8. The van der Waals surface area contributed by atoms with Gasteiger partial charge in [0.2, 0.25) is 5.91 Å². The van der Waals surface area contributed by atoms with Crippen molar-refractivity contribution in [2.45, 2.75) is 44.6 Å². The minimum absolute atomic E-state index is 0.180. The number of hydrogen-bond donors (Lipinski definition) is 2. The molecule has 0 radical (unpaired) electrons. The van der Waals surface area contributed by atoms with E-state index in [2.05, 4.69) is 15.5 Å². The Labute approximate surface area is 104 Å². The highest BCUT2D eigenvalue weighted by atomic mass is 16.2. The Bertz CT molecular complexity index is 253. The molecule has 2 fully saturated rings. The van der Waals surface area contributed by atoms with Gasteiger partial charge >= 0.3 is 0 Å². The fraction of sp³-hybridized carbons (Fsp3) is 0.923. The van der Waals surface area contributed by atoms with Crippen LogP contribution >= 0.6 is 0 Å². The van der Waals surface area contributed by atoms with Crippen LogP contribution in [0.4, 0.5) is 0 Å². The Morgan fingerprint density at radius 1 is 1.35 bits per heavy atom. The van der Waals surface area contributed by atoms with Crippen LogP contribution in [-0.2, 0) is 4.79 Å². The summed E-state index contributed by atoms with van der Waals surface area (Å²) in [7, 11) is 0. The largest absolute Gasteiger partial charge is 0.355 e. The smallest absolute Gasteiger partial charge is 0.234 e. The first-order valence-corrected chi connectivity index (χ1v) is 6.99. The van der Waals surface area contributed by atoms with Gasteiger partial charge in [0.05, 0.1) is 6.54 Å². The molecule has 1 heterocycles. The van der Waals surface area contributed by atoms with E-state index in [-0.39, 0.29) is 11.4 Å². The minimum atomic E-state index is 0.180. The van der Waals surface area contributed by atoms with Gasteiger partial charge in [0.1, 0.15) is 0 Å². The zero-order chi connectivity index (χ0) is 12.1. The van der Waals surface area contributed by atoms with Crippen molar-refractivity contribution in [3.63, 3.8) is 0 Å². The van der Waals surface area contributed by atoms with Gasteiger partial charge in [-0.15, -0.1) is 0 Å². The lowest BCUT2D eigenvalue weighted by Crippen LogP contribution is -2.63.